The molecule has 0 saturated carbocycles. The molecule has 0 spiro atoms. The molecular formula is C17H17N3O4S. The summed E-state index contributed by atoms with van der Waals surface area (Å²) in [5.74, 6) is 0.327. The minimum absolute atomic E-state index is 0.0582. The van der Waals surface area contributed by atoms with Crippen LogP contribution in [0.4, 0.5) is 5.82 Å². The van der Waals surface area contributed by atoms with E-state index in [1.54, 1.807) is 44.2 Å². The molecule has 0 bridgehead atoms. The van der Waals surface area contributed by atoms with Crippen molar-refractivity contribution >= 4 is 29.5 Å². The number of thioether (sulfide) groups is 1. The molecule has 130 valence electrons. The average molecular weight is 359 g/mol. The van der Waals surface area contributed by atoms with E-state index in [0.717, 1.165) is 5.56 Å². The van der Waals surface area contributed by atoms with Gasteiger partial charge < -0.3 is 14.6 Å². The third kappa shape index (κ3) is 5.97. The van der Waals surface area contributed by atoms with Crippen molar-refractivity contribution in [2.75, 3.05) is 11.1 Å². The van der Waals surface area contributed by atoms with Crippen LogP contribution in [-0.4, -0.2) is 28.0 Å². The van der Waals surface area contributed by atoms with Gasteiger partial charge in [0.1, 0.15) is 12.4 Å². The summed E-state index contributed by atoms with van der Waals surface area (Å²) in [7, 11) is 0. The van der Waals surface area contributed by atoms with Crippen LogP contribution in [0.5, 0.6) is 0 Å². The highest BCUT2D eigenvalue weighted by Crippen LogP contribution is 2.15. The fourth-order valence-electron chi connectivity index (χ4n) is 1.80. The van der Waals surface area contributed by atoms with E-state index in [9.17, 15) is 9.59 Å². The Balaban J connectivity index is 1.71. The molecule has 1 amide bonds. The zero-order valence-corrected chi connectivity index (χ0v) is 14.6. The SMILES string of the molecule is Cc1cc(NC(=O)[C@@H](C)SCC(=O)OCc2ccc(C#N)cc2)no1. The molecule has 1 aromatic heterocycles. The maximum Gasteiger partial charge on any atom is 0.316 e. The number of aromatic nitrogens is 1. The van der Waals surface area contributed by atoms with Crippen molar-refractivity contribution in [3.05, 3.63) is 47.2 Å². The number of nitriles is 1. The maximum absolute atomic E-state index is 12.0. The van der Waals surface area contributed by atoms with E-state index in [4.69, 9.17) is 14.5 Å². The molecule has 25 heavy (non-hydrogen) atoms. The minimum atomic E-state index is -0.445. The first-order chi connectivity index (χ1) is 12.0. The lowest BCUT2D eigenvalue weighted by molar-refractivity contribution is -0.141. The van der Waals surface area contributed by atoms with Gasteiger partial charge in [0, 0.05) is 6.07 Å². The number of rotatable bonds is 7. The van der Waals surface area contributed by atoms with E-state index in [2.05, 4.69) is 10.5 Å². The second-order valence-electron chi connectivity index (χ2n) is 5.23. The molecule has 2 aromatic rings. The van der Waals surface area contributed by atoms with Crippen LogP contribution in [0.25, 0.3) is 0 Å². The molecule has 7 nitrogen and oxygen atoms in total. The third-order valence-electron chi connectivity index (χ3n) is 3.18. The lowest BCUT2D eigenvalue weighted by Crippen LogP contribution is -2.24. The fourth-order valence-corrected chi connectivity index (χ4v) is 2.48. The van der Waals surface area contributed by atoms with Gasteiger partial charge in [-0.3, -0.25) is 9.59 Å². The highest BCUT2D eigenvalue weighted by atomic mass is 32.2. The fraction of sp³-hybridized carbons (Fsp3) is 0.294. The largest absolute Gasteiger partial charge is 0.460 e. The molecule has 1 aromatic carbocycles. The zero-order chi connectivity index (χ0) is 18.2. The summed E-state index contributed by atoms with van der Waals surface area (Å²) in [5, 5.41) is 14.6. The van der Waals surface area contributed by atoms with Crippen LogP contribution in [0, 0.1) is 18.3 Å². The topological polar surface area (TPSA) is 105 Å². The van der Waals surface area contributed by atoms with Gasteiger partial charge in [-0.15, -0.1) is 11.8 Å². The van der Waals surface area contributed by atoms with E-state index in [1.165, 1.54) is 11.8 Å². The maximum atomic E-state index is 12.0. The summed E-state index contributed by atoms with van der Waals surface area (Å²) in [5.41, 5.74) is 1.34. The summed E-state index contributed by atoms with van der Waals surface area (Å²) in [4.78, 5) is 23.8. The number of amides is 1. The number of hydrogen-bond donors (Lipinski definition) is 1. The first-order valence-corrected chi connectivity index (χ1v) is 8.53. The molecular weight excluding hydrogens is 342 g/mol. The molecule has 0 unspecified atom stereocenters. The van der Waals surface area contributed by atoms with Gasteiger partial charge in [-0.25, -0.2) is 0 Å². The van der Waals surface area contributed by atoms with Crippen LogP contribution in [0.3, 0.4) is 0 Å². The Bertz CT molecular complexity index is 780. The van der Waals surface area contributed by atoms with Gasteiger partial charge in [0.25, 0.3) is 0 Å². The molecule has 1 N–H and O–H groups in total. The Hall–Kier alpha value is -2.79. The number of aryl methyl sites for hydroxylation is 1. The molecule has 0 saturated heterocycles. The number of anilines is 1. The molecule has 0 aliphatic carbocycles. The number of nitrogens with one attached hydrogen (secondary N) is 1. The van der Waals surface area contributed by atoms with Gasteiger partial charge in [0.15, 0.2) is 5.82 Å². The average Bonchev–Trinajstić information content (AvgIpc) is 3.02. The van der Waals surface area contributed by atoms with Crippen LogP contribution in [0.1, 0.15) is 23.8 Å². The lowest BCUT2D eigenvalue weighted by Gasteiger charge is -2.10. The van der Waals surface area contributed by atoms with Crippen molar-refractivity contribution in [1.29, 1.82) is 5.26 Å². The Kier molecular flexibility index (Phi) is 6.60. The number of carbonyl (C=O) groups excluding carboxylic acids is 2. The quantitative estimate of drug-likeness (QED) is 0.758. The molecule has 0 aliphatic rings. The molecule has 0 radical (unpaired) electrons. The molecule has 1 heterocycles. The number of esters is 1. The Morgan fingerprint density at radius 3 is 2.72 bits per heavy atom. The van der Waals surface area contributed by atoms with Gasteiger partial charge in [-0.2, -0.15) is 5.26 Å². The molecule has 0 aliphatic heterocycles. The number of nitrogens with zero attached hydrogens (tertiary/aromatic N) is 2. The lowest BCUT2D eigenvalue weighted by atomic mass is 10.2. The van der Waals surface area contributed by atoms with Gasteiger partial charge in [0.05, 0.1) is 22.6 Å². The highest BCUT2D eigenvalue weighted by molar-refractivity contribution is 8.01. The molecule has 0 fully saturated rings. The Morgan fingerprint density at radius 2 is 2.12 bits per heavy atom. The van der Waals surface area contributed by atoms with Crippen molar-refractivity contribution < 1.29 is 18.8 Å². The van der Waals surface area contributed by atoms with Crippen molar-refractivity contribution in [2.24, 2.45) is 0 Å². The second-order valence-corrected chi connectivity index (χ2v) is 6.56. The van der Waals surface area contributed by atoms with Gasteiger partial charge >= 0.3 is 5.97 Å². The van der Waals surface area contributed by atoms with E-state index in [1.807, 2.05) is 6.07 Å². The first-order valence-electron chi connectivity index (χ1n) is 7.48. The van der Waals surface area contributed by atoms with Crippen LogP contribution in [-0.2, 0) is 20.9 Å². The number of benzene rings is 1. The van der Waals surface area contributed by atoms with Gasteiger partial charge in [-0.1, -0.05) is 17.3 Å². The van der Waals surface area contributed by atoms with Crippen molar-refractivity contribution in [1.82, 2.24) is 5.16 Å². The van der Waals surface area contributed by atoms with E-state index in [-0.39, 0.29) is 18.3 Å². The van der Waals surface area contributed by atoms with Crippen LogP contribution in [0.15, 0.2) is 34.9 Å². The van der Waals surface area contributed by atoms with E-state index >= 15 is 0 Å². The summed E-state index contributed by atoms with van der Waals surface area (Å²) in [6.45, 7) is 3.55. The van der Waals surface area contributed by atoms with Gasteiger partial charge in [0.2, 0.25) is 5.91 Å². The monoisotopic (exact) mass is 359 g/mol. The van der Waals surface area contributed by atoms with E-state index < -0.39 is 11.2 Å². The number of carbonyl (C=O) groups is 2. The van der Waals surface area contributed by atoms with Crippen LogP contribution >= 0.6 is 11.8 Å². The first kappa shape index (κ1) is 18.5. The second kappa shape index (κ2) is 8.89. The molecule has 8 heteroatoms. The standard InChI is InChI=1S/C17H17N3O4S/c1-11-7-15(20-24-11)19-17(22)12(2)25-10-16(21)23-9-14-5-3-13(8-18)4-6-14/h3-7,12H,9-10H2,1-2H3,(H,19,20,22)/t12-/m1/s1. The summed E-state index contributed by atoms with van der Waals surface area (Å²) in [6.07, 6.45) is 0. The zero-order valence-electron chi connectivity index (χ0n) is 13.8. The van der Waals surface area contributed by atoms with Crippen molar-refractivity contribution in [3.63, 3.8) is 0 Å². The summed E-state index contributed by atoms with van der Waals surface area (Å²) < 4.78 is 10.0. The smallest absolute Gasteiger partial charge is 0.316 e. The van der Waals surface area contributed by atoms with Crippen molar-refractivity contribution in [2.45, 2.75) is 25.7 Å². The Labute approximate surface area is 149 Å². The predicted octanol–water partition coefficient (Wildman–Crippen LogP) is 2.66. The molecule has 2 rings (SSSR count). The van der Waals surface area contributed by atoms with Gasteiger partial charge in [-0.05, 0) is 31.5 Å². The number of ether oxygens (including phenoxy) is 1. The summed E-state index contributed by atoms with van der Waals surface area (Å²) in [6, 6.07) is 10.4. The normalized spacial score (nSPS) is 11.4. The number of hydrogen-bond acceptors (Lipinski definition) is 7. The van der Waals surface area contributed by atoms with Crippen LogP contribution < -0.4 is 5.32 Å². The third-order valence-corrected chi connectivity index (χ3v) is 4.30. The molecule has 1 atom stereocenters. The van der Waals surface area contributed by atoms with E-state index in [0.29, 0.717) is 17.1 Å². The van der Waals surface area contributed by atoms with Crippen LogP contribution in [0.2, 0.25) is 0 Å². The Morgan fingerprint density at radius 1 is 1.40 bits per heavy atom. The summed E-state index contributed by atoms with van der Waals surface area (Å²) >= 11 is 1.17. The van der Waals surface area contributed by atoms with Crippen molar-refractivity contribution in [3.8, 4) is 6.07 Å². The predicted molar refractivity (Wildman–Crippen MR) is 92.7 cm³/mol. The highest BCUT2D eigenvalue weighted by Gasteiger charge is 2.17. The minimum Gasteiger partial charge on any atom is -0.460 e.